The number of nitrogens with zero attached hydrogens (tertiary/aromatic N) is 4. The summed E-state index contributed by atoms with van der Waals surface area (Å²) in [6.07, 6.45) is 0. The maximum atomic E-state index is 6.23. The van der Waals surface area contributed by atoms with Crippen molar-refractivity contribution >= 4 is 40.3 Å². The molecule has 2 heterocycles. The number of hydrogen-bond acceptors (Lipinski definition) is 9. The molecular formula is C22H28N10. The summed E-state index contributed by atoms with van der Waals surface area (Å²) in [7, 11) is 0. The van der Waals surface area contributed by atoms with Gasteiger partial charge in [-0.2, -0.15) is 9.97 Å². The van der Waals surface area contributed by atoms with Gasteiger partial charge in [-0.25, -0.2) is 4.98 Å². The van der Waals surface area contributed by atoms with Crippen LogP contribution in [0.5, 0.6) is 0 Å². The van der Waals surface area contributed by atoms with E-state index in [0.717, 1.165) is 11.1 Å². The molecule has 10 nitrogen and oxygen atoms in total. The van der Waals surface area contributed by atoms with Crippen LogP contribution in [0.25, 0.3) is 11.2 Å². The molecule has 0 spiro atoms. The maximum absolute atomic E-state index is 6.23. The first-order chi connectivity index (χ1) is 15.4. The van der Waals surface area contributed by atoms with Crippen LogP contribution in [0.4, 0.5) is 29.1 Å². The van der Waals surface area contributed by atoms with Gasteiger partial charge in [0.25, 0.3) is 0 Å². The van der Waals surface area contributed by atoms with Crippen LogP contribution in [0.1, 0.15) is 18.1 Å². The largest absolute Gasteiger partial charge is 0.397 e. The van der Waals surface area contributed by atoms with Crippen LogP contribution >= 0.6 is 0 Å². The summed E-state index contributed by atoms with van der Waals surface area (Å²) in [6, 6.07) is 15.6. The maximum Gasteiger partial charge on any atom is 0.226 e. The zero-order valence-corrected chi connectivity index (χ0v) is 17.9. The number of nitrogens with one attached hydrogen (secondary N) is 2. The lowest BCUT2D eigenvalue weighted by molar-refractivity contribution is 0.772. The van der Waals surface area contributed by atoms with Gasteiger partial charge in [-0.15, -0.1) is 0 Å². The van der Waals surface area contributed by atoms with Gasteiger partial charge in [-0.3, -0.25) is 4.57 Å². The predicted octanol–water partition coefficient (Wildman–Crippen LogP) is 1.99. The van der Waals surface area contributed by atoms with Gasteiger partial charge in [0.2, 0.25) is 11.9 Å². The molecule has 0 radical (unpaired) electrons. The Balaban J connectivity index is 1.73. The molecule has 32 heavy (non-hydrogen) atoms. The number of hydrogen-bond donors (Lipinski definition) is 6. The van der Waals surface area contributed by atoms with Gasteiger partial charge in [0.15, 0.2) is 17.0 Å². The van der Waals surface area contributed by atoms with Crippen LogP contribution in [0.3, 0.4) is 0 Å². The summed E-state index contributed by atoms with van der Waals surface area (Å²) in [5.74, 6) is 1.31. The minimum atomic E-state index is -0.0502. The molecular weight excluding hydrogens is 404 g/mol. The Hall–Kier alpha value is -4.05. The third kappa shape index (κ3) is 4.49. The second-order valence-corrected chi connectivity index (χ2v) is 7.74. The van der Waals surface area contributed by atoms with E-state index in [1.807, 2.05) is 54.0 Å². The summed E-state index contributed by atoms with van der Waals surface area (Å²) in [5, 5.41) is 6.49. The number of para-hydroxylation sites is 1. The molecule has 0 saturated heterocycles. The van der Waals surface area contributed by atoms with Crippen LogP contribution < -0.4 is 33.6 Å². The van der Waals surface area contributed by atoms with E-state index < -0.39 is 0 Å². The van der Waals surface area contributed by atoms with E-state index in [1.54, 1.807) is 6.07 Å². The molecule has 0 aliphatic carbocycles. The second-order valence-electron chi connectivity index (χ2n) is 7.74. The smallest absolute Gasteiger partial charge is 0.226 e. The lowest BCUT2D eigenvalue weighted by Gasteiger charge is -2.13. The van der Waals surface area contributed by atoms with Gasteiger partial charge in [0.05, 0.1) is 17.9 Å². The normalized spacial score (nSPS) is 12.1. The molecule has 0 amide bonds. The summed E-state index contributed by atoms with van der Waals surface area (Å²) >= 11 is 0. The molecule has 0 saturated carbocycles. The van der Waals surface area contributed by atoms with Crippen molar-refractivity contribution in [2.45, 2.75) is 26.1 Å². The average molecular weight is 433 g/mol. The van der Waals surface area contributed by atoms with E-state index in [2.05, 4.69) is 25.6 Å². The fraction of sp³-hybridized carbons (Fsp3) is 0.227. The molecule has 0 aliphatic heterocycles. The predicted molar refractivity (Wildman–Crippen MR) is 130 cm³/mol. The first-order valence-corrected chi connectivity index (χ1v) is 10.4. The number of fused-ring (bicyclic) bond motifs is 1. The quantitative estimate of drug-likeness (QED) is 0.228. The third-order valence-electron chi connectivity index (χ3n) is 5.05. The van der Waals surface area contributed by atoms with Gasteiger partial charge < -0.3 is 33.6 Å². The molecule has 1 atom stereocenters. The SMILES string of the molecule is CC(N)CNc1nc(N)c2nc(NCc3cccc(N)c3N)n(Cc3ccccc3)c2n1. The van der Waals surface area contributed by atoms with Crippen LogP contribution in [-0.4, -0.2) is 32.1 Å². The first kappa shape index (κ1) is 21.2. The number of benzene rings is 2. The highest BCUT2D eigenvalue weighted by atomic mass is 15.3. The van der Waals surface area contributed by atoms with Crippen LogP contribution in [0, 0.1) is 0 Å². The molecule has 10 N–H and O–H groups in total. The fourth-order valence-electron chi connectivity index (χ4n) is 3.37. The molecule has 4 aromatic rings. The van der Waals surface area contributed by atoms with Gasteiger partial charge in [-0.05, 0) is 24.1 Å². The van der Waals surface area contributed by atoms with Crippen molar-refractivity contribution in [3.8, 4) is 0 Å². The van der Waals surface area contributed by atoms with Crippen molar-refractivity contribution in [3.05, 3.63) is 59.7 Å². The number of aromatic nitrogens is 4. The Morgan fingerprint density at radius 3 is 2.47 bits per heavy atom. The van der Waals surface area contributed by atoms with Crippen LogP contribution in [-0.2, 0) is 13.1 Å². The zero-order chi connectivity index (χ0) is 22.7. The molecule has 2 aromatic carbocycles. The third-order valence-corrected chi connectivity index (χ3v) is 5.05. The van der Waals surface area contributed by atoms with Crippen molar-refractivity contribution < 1.29 is 0 Å². The highest BCUT2D eigenvalue weighted by Gasteiger charge is 2.17. The van der Waals surface area contributed by atoms with Crippen molar-refractivity contribution in [3.63, 3.8) is 0 Å². The van der Waals surface area contributed by atoms with Crippen molar-refractivity contribution in [1.29, 1.82) is 0 Å². The van der Waals surface area contributed by atoms with E-state index >= 15 is 0 Å². The van der Waals surface area contributed by atoms with Gasteiger partial charge >= 0.3 is 0 Å². The first-order valence-electron chi connectivity index (χ1n) is 10.4. The average Bonchev–Trinajstić information content (AvgIpc) is 3.12. The Labute approximate surface area is 186 Å². The molecule has 166 valence electrons. The lowest BCUT2D eigenvalue weighted by atomic mass is 10.1. The summed E-state index contributed by atoms with van der Waals surface area (Å²) in [4.78, 5) is 13.7. The highest BCUT2D eigenvalue weighted by Crippen LogP contribution is 2.26. The van der Waals surface area contributed by atoms with Crippen LogP contribution in [0.15, 0.2) is 48.5 Å². The topological polar surface area (TPSA) is 172 Å². The molecule has 0 aliphatic rings. The molecule has 4 rings (SSSR count). The van der Waals surface area contributed by atoms with E-state index in [9.17, 15) is 0 Å². The number of imidazole rings is 1. The standard InChI is InChI=1S/C22H28N10/c1-13(23)10-27-21-30-19(26)18-20(31-21)32(12-14-6-3-2-4-7-14)22(29-18)28-11-15-8-5-9-16(24)17(15)25/h2-9,13H,10-12,23-25H2,1H3,(H,28,29)(H3,26,27,30,31). The Morgan fingerprint density at radius 2 is 1.72 bits per heavy atom. The van der Waals surface area contributed by atoms with E-state index in [0.29, 0.717) is 59.9 Å². The second kappa shape index (κ2) is 8.98. The summed E-state index contributed by atoms with van der Waals surface area (Å²) in [6.45, 7) is 3.42. The zero-order valence-electron chi connectivity index (χ0n) is 17.9. The van der Waals surface area contributed by atoms with Crippen molar-refractivity contribution in [1.82, 2.24) is 19.5 Å². The molecule has 1 unspecified atom stereocenters. The molecule has 0 fully saturated rings. The summed E-state index contributed by atoms with van der Waals surface area (Å²) < 4.78 is 1.97. The van der Waals surface area contributed by atoms with Crippen molar-refractivity contribution in [2.24, 2.45) is 5.73 Å². The lowest BCUT2D eigenvalue weighted by Crippen LogP contribution is -2.26. The Morgan fingerprint density at radius 1 is 0.938 bits per heavy atom. The molecule has 0 bridgehead atoms. The Kier molecular flexibility index (Phi) is 5.95. The molecule has 10 heteroatoms. The minimum absolute atomic E-state index is 0.0502. The van der Waals surface area contributed by atoms with Gasteiger partial charge in [0.1, 0.15) is 0 Å². The van der Waals surface area contributed by atoms with E-state index in [1.165, 1.54) is 0 Å². The van der Waals surface area contributed by atoms with Crippen molar-refractivity contribution in [2.75, 3.05) is 34.4 Å². The Bertz CT molecular complexity index is 1220. The van der Waals surface area contributed by atoms with E-state index in [-0.39, 0.29) is 6.04 Å². The highest BCUT2D eigenvalue weighted by molar-refractivity contribution is 5.85. The number of rotatable bonds is 8. The number of nitrogen functional groups attached to an aromatic ring is 3. The molecule has 2 aromatic heterocycles. The summed E-state index contributed by atoms with van der Waals surface area (Å²) in [5.41, 5.74) is 28.4. The number of anilines is 5. The fourth-order valence-corrected chi connectivity index (χ4v) is 3.37. The number of nitrogens with two attached hydrogens (primary N) is 4. The minimum Gasteiger partial charge on any atom is -0.397 e. The van der Waals surface area contributed by atoms with Gasteiger partial charge in [0, 0.05) is 19.1 Å². The van der Waals surface area contributed by atoms with E-state index in [4.69, 9.17) is 22.9 Å². The van der Waals surface area contributed by atoms with Crippen LogP contribution in [0.2, 0.25) is 0 Å². The monoisotopic (exact) mass is 432 g/mol. The van der Waals surface area contributed by atoms with Gasteiger partial charge in [-0.1, -0.05) is 42.5 Å².